The predicted octanol–water partition coefficient (Wildman–Crippen LogP) is 5.36. The molecule has 3 heteroatoms. The van der Waals surface area contributed by atoms with Gasteiger partial charge in [-0.1, -0.05) is 26.0 Å². The summed E-state index contributed by atoms with van der Waals surface area (Å²) < 4.78 is 2.32. The molecule has 0 aliphatic heterocycles. The van der Waals surface area contributed by atoms with Crippen LogP contribution in [-0.4, -0.2) is 15.3 Å². The first-order chi connectivity index (χ1) is 12.5. The Morgan fingerprint density at radius 1 is 1.23 bits per heavy atom. The fraction of sp³-hybridized carbons (Fsp3) is 0.391. The molecular weight excluding hydrogens is 320 g/mol. The Kier molecular flexibility index (Phi) is 4.39. The molecule has 0 unspecified atom stereocenters. The van der Waals surface area contributed by atoms with Crippen molar-refractivity contribution in [3.63, 3.8) is 0 Å². The van der Waals surface area contributed by atoms with Crippen LogP contribution in [0.4, 0.5) is 0 Å². The van der Waals surface area contributed by atoms with Crippen LogP contribution in [0.25, 0.3) is 10.9 Å². The lowest BCUT2D eigenvalue weighted by molar-refractivity contribution is 0.101. The van der Waals surface area contributed by atoms with E-state index in [1.807, 2.05) is 6.20 Å². The Labute approximate surface area is 155 Å². The summed E-state index contributed by atoms with van der Waals surface area (Å²) in [4.78, 5) is 16.8. The van der Waals surface area contributed by atoms with E-state index in [1.165, 1.54) is 34.9 Å². The number of carbonyl (C=O) groups is 1. The number of rotatable bonds is 6. The Morgan fingerprint density at radius 3 is 2.73 bits per heavy atom. The van der Waals surface area contributed by atoms with Crippen molar-refractivity contribution in [2.75, 3.05) is 0 Å². The average molecular weight is 346 g/mol. The molecule has 1 aliphatic rings. The van der Waals surface area contributed by atoms with Gasteiger partial charge in [-0.25, -0.2) is 0 Å². The number of Topliss-reactive ketones (excluding diaryl/α,β-unsaturated/α-hetero) is 1. The van der Waals surface area contributed by atoms with Gasteiger partial charge in [0.25, 0.3) is 0 Å². The molecule has 0 spiro atoms. The Balaban J connectivity index is 1.67. The third-order valence-electron chi connectivity index (χ3n) is 5.19. The molecule has 0 N–H and O–H groups in total. The largest absolute Gasteiger partial charge is 0.347 e. The van der Waals surface area contributed by atoms with E-state index < -0.39 is 0 Å². The van der Waals surface area contributed by atoms with Gasteiger partial charge in [0.15, 0.2) is 5.78 Å². The van der Waals surface area contributed by atoms with E-state index in [2.05, 4.69) is 59.9 Å². The molecule has 0 amide bonds. The standard InChI is InChI=1S/C23H26N2O/c1-15(2)14-25-9-8-19-5-4-17(11-23(19)25)10-22-21(16(3)26)12-20(13-24-22)18-6-7-18/h4-5,8-9,11-13,15,18H,6-7,10,14H2,1-3H3. The Bertz CT molecular complexity index is 963. The summed E-state index contributed by atoms with van der Waals surface area (Å²) in [6, 6.07) is 10.8. The summed E-state index contributed by atoms with van der Waals surface area (Å²) in [5.74, 6) is 1.33. The minimum atomic E-state index is 0.110. The summed E-state index contributed by atoms with van der Waals surface area (Å²) in [6.45, 7) is 7.13. The number of benzene rings is 1. The number of nitrogens with zero attached hydrogens (tertiary/aromatic N) is 2. The van der Waals surface area contributed by atoms with Crippen LogP contribution in [0.3, 0.4) is 0 Å². The van der Waals surface area contributed by atoms with Crippen LogP contribution in [0.15, 0.2) is 42.7 Å². The van der Waals surface area contributed by atoms with Crippen molar-refractivity contribution in [1.82, 2.24) is 9.55 Å². The number of aromatic nitrogens is 2. The average Bonchev–Trinajstić information content (AvgIpc) is 3.38. The van der Waals surface area contributed by atoms with Gasteiger partial charge in [-0.2, -0.15) is 0 Å². The van der Waals surface area contributed by atoms with Gasteiger partial charge in [0.2, 0.25) is 0 Å². The Morgan fingerprint density at radius 2 is 2.04 bits per heavy atom. The highest BCUT2D eigenvalue weighted by molar-refractivity contribution is 5.95. The molecule has 3 aromatic rings. The highest BCUT2D eigenvalue weighted by Crippen LogP contribution is 2.40. The fourth-order valence-corrected chi connectivity index (χ4v) is 3.68. The van der Waals surface area contributed by atoms with Crippen molar-refractivity contribution in [2.45, 2.75) is 52.5 Å². The zero-order valence-corrected chi connectivity index (χ0v) is 15.8. The summed E-state index contributed by atoms with van der Waals surface area (Å²) in [5.41, 5.74) is 5.36. The van der Waals surface area contributed by atoms with Crippen molar-refractivity contribution in [3.05, 3.63) is 65.1 Å². The smallest absolute Gasteiger partial charge is 0.161 e. The second kappa shape index (κ2) is 6.71. The normalized spacial score (nSPS) is 14.3. The van der Waals surface area contributed by atoms with E-state index in [-0.39, 0.29) is 5.78 Å². The van der Waals surface area contributed by atoms with Gasteiger partial charge in [0.05, 0.1) is 5.69 Å². The molecular formula is C23H26N2O. The van der Waals surface area contributed by atoms with Gasteiger partial charge in [-0.05, 0) is 66.3 Å². The molecule has 26 heavy (non-hydrogen) atoms. The Hall–Kier alpha value is -2.42. The van der Waals surface area contributed by atoms with Crippen LogP contribution in [0.1, 0.15) is 66.7 Å². The van der Waals surface area contributed by atoms with E-state index in [0.29, 0.717) is 18.3 Å². The van der Waals surface area contributed by atoms with Crippen LogP contribution in [0.5, 0.6) is 0 Å². The summed E-state index contributed by atoms with van der Waals surface area (Å²) in [5, 5.41) is 1.26. The van der Waals surface area contributed by atoms with Crippen LogP contribution in [-0.2, 0) is 13.0 Å². The zero-order chi connectivity index (χ0) is 18.3. The third kappa shape index (κ3) is 3.44. The van der Waals surface area contributed by atoms with Crippen molar-refractivity contribution >= 4 is 16.7 Å². The van der Waals surface area contributed by atoms with Crippen molar-refractivity contribution < 1.29 is 4.79 Å². The molecule has 2 heterocycles. The maximum Gasteiger partial charge on any atom is 0.161 e. The maximum atomic E-state index is 12.2. The van der Waals surface area contributed by atoms with Crippen LogP contribution in [0.2, 0.25) is 0 Å². The third-order valence-corrected chi connectivity index (χ3v) is 5.19. The molecule has 1 aromatic carbocycles. The number of hydrogen-bond donors (Lipinski definition) is 0. The lowest BCUT2D eigenvalue weighted by Crippen LogP contribution is -2.05. The van der Waals surface area contributed by atoms with Crippen molar-refractivity contribution in [1.29, 1.82) is 0 Å². The van der Waals surface area contributed by atoms with Crippen molar-refractivity contribution in [3.8, 4) is 0 Å². The molecule has 2 aromatic heterocycles. The van der Waals surface area contributed by atoms with Crippen molar-refractivity contribution in [2.24, 2.45) is 5.92 Å². The van der Waals surface area contributed by atoms with E-state index in [9.17, 15) is 4.79 Å². The molecule has 3 nitrogen and oxygen atoms in total. The topological polar surface area (TPSA) is 34.9 Å². The first-order valence-corrected chi connectivity index (χ1v) is 9.59. The number of ketones is 1. The molecule has 0 bridgehead atoms. The van der Waals surface area contributed by atoms with Gasteiger partial charge in [-0.3, -0.25) is 9.78 Å². The second-order valence-electron chi connectivity index (χ2n) is 8.03. The lowest BCUT2D eigenvalue weighted by atomic mass is 9.99. The first kappa shape index (κ1) is 17.0. The lowest BCUT2D eigenvalue weighted by Gasteiger charge is -2.11. The highest BCUT2D eigenvalue weighted by atomic mass is 16.1. The van der Waals surface area contributed by atoms with E-state index >= 15 is 0 Å². The molecule has 0 saturated heterocycles. The van der Waals surface area contributed by atoms with Crippen LogP contribution in [0, 0.1) is 5.92 Å². The minimum absolute atomic E-state index is 0.110. The molecule has 134 valence electrons. The summed E-state index contributed by atoms with van der Waals surface area (Å²) in [7, 11) is 0. The molecule has 0 radical (unpaired) electrons. The zero-order valence-electron chi connectivity index (χ0n) is 15.8. The number of pyridine rings is 1. The minimum Gasteiger partial charge on any atom is -0.347 e. The van der Waals surface area contributed by atoms with E-state index in [1.54, 1.807) is 6.92 Å². The van der Waals surface area contributed by atoms with Gasteiger partial charge < -0.3 is 4.57 Å². The predicted molar refractivity (Wildman–Crippen MR) is 106 cm³/mol. The summed E-state index contributed by atoms with van der Waals surface area (Å²) in [6.07, 6.45) is 7.28. The van der Waals surface area contributed by atoms with Crippen LogP contribution < -0.4 is 0 Å². The van der Waals surface area contributed by atoms with Gasteiger partial charge in [0, 0.05) is 36.4 Å². The number of hydrogen-bond acceptors (Lipinski definition) is 2. The van der Waals surface area contributed by atoms with Gasteiger partial charge >= 0.3 is 0 Å². The summed E-state index contributed by atoms with van der Waals surface area (Å²) >= 11 is 0. The molecule has 4 rings (SSSR count). The van der Waals surface area contributed by atoms with Gasteiger partial charge in [-0.15, -0.1) is 0 Å². The highest BCUT2D eigenvalue weighted by Gasteiger charge is 2.25. The molecule has 1 aliphatic carbocycles. The SMILES string of the molecule is CC(=O)c1cc(C2CC2)cnc1Cc1ccc2ccn(CC(C)C)c2c1. The van der Waals surface area contributed by atoms with Crippen LogP contribution >= 0.6 is 0 Å². The number of carbonyl (C=O) groups excluding carboxylic acids is 1. The maximum absolute atomic E-state index is 12.2. The second-order valence-corrected chi connectivity index (χ2v) is 8.03. The molecule has 0 atom stereocenters. The fourth-order valence-electron chi connectivity index (χ4n) is 3.68. The van der Waals surface area contributed by atoms with Gasteiger partial charge in [0.1, 0.15) is 0 Å². The molecule has 1 fully saturated rings. The first-order valence-electron chi connectivity index (χ1n) is 9.59. The monoisotopic (exact) mass is 346 g/mol. The van der Waals surface area contributed by atoms with E-state index in [0.717, 1.165) is 17.8 Å². The van der Waals surface area contributed by atoms with E-state index in [4.69, 9.17) is 0 Å². The quantitative estimate of drug-likeness (QED) is 0.563. The molecule has 1 saturated carbocycles. The number of fused-ring (bicyclic) bond motifs is 1.